The Labute approximate surface area is 96.2 Å². The Morgan fingerprint density at radius 1 is 1.47 bits per heavy atom. The van der Waals surface area contributed by atoms with Crippen molar-refractivity contribution in [3.8, 4) is 5.75 Å². The number of ether oxygens (including phenoxy) is 1. The summed E-state index contributed by atoms with van der Waals surface area (Å²) in [7, 11) is 0. The Morgan fingerprint density at radius 3 is 2.73 bits per heavy atom. The Bertz CT molecular complexity index is 312. The molecule has 0 aromatic heterocycles. The first-order chi connectivity index (χ1) is 7.15. The lowest BCUT2D eigenvalue weighted by atomic mass is 10.1. The predicted molar refractivity (Wildman–Crippen MR) is 67.7 cm³/mol. The van der Waals surface area contributed by atoms with Crippen molar-refractivity contribution in [1.29, 1.82) is 0 Å². The molecule has 0 aliphatic rings. The highest BCUT2D eigenvalue weighted by Crippen LogP contribution is 2.21. The van der Waals surface area contributed by atoms with E-state index in [-0.39, 0.29) is 6.04 Å². The third-order valence-electron chi connectivity index (χ3n) is 2.27. The van der Waals surface area contributed by atoms with Crippen molar-refractivity contribution in [2.24, 2.45) is 5.73 Å². The lowest BCUT2D eigenvalue weighted by molar-refractivity contribution is 0.341. The lowest BCUT2D eigenvalue weighted by Gasteiger charge is -2.11. The molecular formula is C12H19NOS. The molecular weight excluding hydrogens is 206 g/mol. The molecule has 1 atom stereocenters. The molecule has 3 heteroatoms. The minimum Gasteiger partial charge on any atom is -0.492 e. The second-order valence-corrected chi connectivity index (χ2v) is 4.64. The van der Waals surface area contributed by atoms with E-state index >= 15 is 0 Å². The van der Waals surface area contributed by atoms with Crippen LogP contribution in [0.2, 0.25) is 0 Å². The van der Waals surface area contributed by atoms with E-state index in [1.54, 1.807) is 11.8 Å². The van der Waals surface area contributed by atoms with Crippen LogP contribution < -0.4 is 10.5 Å². The van der Waals surface area contributed by atoms with Crippen LogP contribution in [-0.2, 0) is 0 Å². The molecule has 2 N–H and O–H groups in total. The molecule has 0 amide bonds. The summed E-state index contributed by atoms with van der Waals surface area (Å²) in [6.07, 6.45) is 2.08. The van der Waals surface area contributed by atoms with Gasteiger partial charge in [-0.1, -0.05) is 12.1 Å². The van der Waals surface area contributed by atoms with Crippen LogP contribution in [0.3, 0.4) is 0 Å². The predicted octanol–water partition coefficient (Wildman–Crippen LogP) is 2.76. The van der Waals surface area contributed by atoms with Gasteiger partial charge in [-0.15, -0.1) is 0 Å². The van der Waals surface area contributed by atoms with Gasteiger partial charge in [-0.3, -0.25) is 0 Å². The van der Waals surface area contributed by atoms with Gasteiger partial charge in [0.05, 0.1) is 6.61 Å². The van der Waals surface area contributed by atoms with Gasteiger partial charge in [-0.05, 0) is 37.3 Å². The van der Waals surface area contributed by atoms with Gasteiger partial charge in [-0.2, -0.15) is 11.8 Å². The molecule has 0 heterocycles. The molecule has 1 aromatic rings. The van der Waals surface area contributed by atoms with Crippen LogP contribution in [0.15, 0.2) is 18.2 Å². The summed E-state index contributed by atoms with van der Waals surface area (Å²) in [4.78, 5) is 0. The summed E-state index contributed by atoms with van der Waals surface area (Å²) in [6, 6.07) is 6.23. The van der Waals surface area contributed by atoms with E-state index in [9.17, 15) is 0 Å². The molecule has 0 unspecified atom stereocenters. The summed E-state index contributed by atoms with van der Waals surface area (Å²) >= 11 is 1.79. The first-order valence-electron chi connectivity index (χ1n) is 5.13. The van der Waals surface area contributed by atoms with Crippen LogP contribution in [0.4, 0.5) is 0 Å². The Balaban J connectivity index is 2.66. The largest absolute Gasteiger partial charge is 0.492 e. The number of hydrogen-bond acceptors (Lipinski definition) is 3. The molecule has 2 nitrogen and oxygen atoms in total. The van der Waals surface area contributed by atoms with E-state index in [2.05, 4.69) is 19.2 Å². The van der Waals surface area contributed by atoms with Gasteiger partial charge in [0.1, 0.15) is 5.75 Å². The molecule has 0 bridgehead atoms. The molecule has 1 aromatic carbocycles. The zero-order chi connectivity index (χ0) is 11.3. The minimum atomic E-state index is 0.0870. The summed E-state index contributed by atoms with van der Waals surface area (Å²) in [5.74, 6) is 1.99. The van der Waals surface area contributed by atoms with Gasteiger partial charge in [0.2, 0.25) is 0 Å². The van der Waals surface area contributed by atoms with Gasteiger partial charge < -0.3 is 10.5 Å². The highest BCUT2D eigenvalue weighted by Gasteiger charge is 2.03. The summed E-state index contributed by atoms with van der Waals surface area (Å²) < 4.78 is 5.65. The number of rotatable bonds is 5. The third kappa shape index (κ3) is 3.76. The topological polar surface area (TPSA) is 35.2 Å². The SMILES string of the molecule is CSCCOc1ccc([C@@H](C)N)cc1C. The zero-order valence-corrected chi connectivity index (χ0v) is 10.4. The zero-order valence-electron chi connectivity index (χ0n) is 9.62. The van der Waals surface area contributed by atoms with Crippen molar-refractivity contribution in [1.82, 2.24) is 0 Å². The molecule has 0 aliphatic heterocycles. The number of thioether (sulfide) groups is 1. The number of aryl methyl sites for hydroxylation is 1. The quantitative estimate of drug-likeness (QED) is 0.783. The van der Waals surface area contributed by atoms with Crippen LogP contribution in [0.5, 0.6) is 5.75 Å². The second-order valence-electron chi connectivity index (χ2n) is 3.65. The van der Waals surface area contributed by atoms with Crippen molar-refractivity contribution in [2.45, 2.75) is 19.9 Å². The number of benzene rings is 1. The van der Waals surface area contributed by atoms with Crippen LogP contribution >= 0.6 is 11.8 Å². The van der Waals surface area contributed by atoms with Crippen molar-refractivity contribution in [2.75, 3.05) is 18.6 Å². The minimum absolute atomic E-state index is 0.0870. The first-order valence-corrected chi connectivity index (χ1v) is 6.52. The monoisotopic (exact) mass is 225 g/mol. The summed E-state index contributed by atoms with van der Waals surface area (Å²) in [6.45, 7) is 4.81. The van der Waals surface area contributed by atoms with Crippen molar-refractivity contribution >= 4 is 11.8 Å². The first kappa shape index (κ1) is 12.4. The Hall–Kier alpha value is -0.670. The maximum atomic E-state index is 5.81. The fourth-order valence-corrected chi connectivity index (χ4v) is 1.60. The maximum absolute atomic E-state index is 5.81. The number of hydrogen-bond donors (Lipinski definition) is 1. The van der Waals surface area contributed by atoms with Crippen molar-refractivity contribution in [3.63, 3.8) is 0 Å². The van der Waals surface area contributed by atoms with Crippen molar-refractivity contribution in [3.05, 3.63) is 29.3 Å². The van der Waals surface area contributed by atoms with E-state index in [1.165, 1.54) is 0 Å². The second kappa shape index (κ2) is 6.03. The van der Waals surface area contributed by atoms with Crippen LogP contribution in [0.25, 0.3) is 0 Å². The van der Waals surface area contributed by atoms with Crippen LogP contribution in [0.1, 0.15) is 24.1 Å². The molecule has 0 spiro atoms. The molecule has 84 valence electrons. The molecule has 0 fully saturated rings. The highest BCUT2D eigenvalue weighted by atomic mass is 32.2. The van der Waals surface area contributed by atoms with Gasteiger partial charge in [0.25, 0.3) is 0 Å². The molecule has 0 radical (unpaired) electrons. The average Bonchev–Trinajstić information content (AvgIpc) is 2.20. The van der Waals surface area contributed by atoms with E-state index in [4.69, 9.17) is 10.5 Å². The normalized spacial score (nSPS) is 12.5. The van der Waals surface area contributed by atoms with Gasteiger partial charge in [-0.25, -0.2) is 0 Å². The van der Waals surface area contributed by atoms with E-state index in [0.717, 1.165) is 29.2 Å². The fraction of sp³-hybridized carbons (Fsp3) is 0.500. The van der Waals surface area contributed by atoms with Crippen molar-refractivity contribution < 1.29 is 4.74 Å². The Morgan fingerprint density at radius 2 is 2.20 bits per heavy atom. The number of nitrogens with two attached hydrogens (primary N) is 1. The van der Waals surface area contributed by atoms with Crippen LogP contribution in [-0.4, -0.2) is 18.6 Å². The Kier molecular flexibility index (Phi) is 4.99. The lowest BCUT2D eigenvalue weighted by Crippen LogP contribution is -2.06. The van der Waals surface area contributed by atoms with Gasteiger partial charge in [0, 0.05) is 11.8 Å². The summed E-state index contributed by atoms with van der Waals surface area (Å²) in [5.41, 5.74) is 8.13. The third-order valence-corrected chi connectivity index (χ3v) is 2.84. The molecule has 1 rings (SSSR count). The van der Waals surface area contributed by atoms with Gasteiger partial charge in [0.15, 0.2) is 0 Å². The van der Waals surface area contributed by atoms with E-state index in [0.29, 0.717) is 0 Å². The van der Waals surface area contributed by atoms with Gasteiger partial charge >= 0.3 is 0 Å². The summed E-state index contributed by atoms with van der Waals surface area (Å²) in [5, 5.41) is 0. The average molecular weight is 225 g/mol. The van der Waals surface area contributed by atoms with E-state index in [1.807, 2.05) is 19.1 Å². The molecule has 0 aliphatic carbocycles. The van der Waals surface area contributed by atoms with E-state index < -0.39 is 0 Å². The molecule has 15 heavy (non-hydrogen) atoms. The smallest absolute Gasteiger partial charge is 0.122 e. The standard InChI is InChI=1S/C12H19NOS/c1-9-8-11(10(2)13)4-5-12(9)14-6-7-15-3/h4-5,8,10H,6-7,13H2,1-3H3/t10-/m1/s1. The maximum Gasteiger partial charge on any atom is 0.122 e. The fourth-order valence-electron chi connectivity index (χ4n) is 1.35. The highest BCUT2D eigenvalue weighted by molar-refractivity contribution is 7.98. The molecule has 0 saturated heterocycles. The molecule has 0 saturated carbocycles. The van der Waals surface area contributed by atoms with Crippen LogP contribution in [0, 0.1) is 6.92 Å².